The van der Waals surface area contributed by atoms with Gasteiger partial charge in [0, 0.05) is 5.41 Å². The van der Waals surface area contributed by atoms with E-state index in [9.17, 15) is 0 Å². The van der Waals surface area contributed by atoms with Crippen LogP contribution in [-0.2, 0) is 10.8 Å². The van der Waals surface area contributed by atoms with Crippen LogP contribution in [0.4, 0.5) is 0 Å². The zero-order chi connectivity index (χ0) is 32.1. The summed E-state index contributed by atoms with van der Waals surface area (Å²) >= 11 is 0. The van der Waals surface area contributed by atoms with E-state index >= 15 is 0 Å². The third-order valence-electron chi connectivity index (χ3n) is 11.9. The normalized spacial score (nSPS) is 14.0. The summed E-state index contributed by atoms with van der Waals surface area (Å²) in [4.78, 5) is 0. The second-order valence-electron chi connectivity index (χ2n) is 14.7. The van der Waals surface area contributed by atoms with Gasteiger partial charge < -0.3 is 0 Å². The number of rotatable bonds is 5. The summed E-state index contributed by atoms with van der Waals surface area (Å²) in [6, 6.07) is 48.8. The molecule has 1 aliphatic rings. The van der Waals surface area contributed by atoms with E-state index in [4.69, 9.17) is 0 Å². The fourth-order valence-corrected chi connectivity index (χ4v) is 8.55. The fraction of sp³-hybridized carbons (Fsp3) is 0.191. The molecule has 0 amide bonds. The molecule has 0 aliphatic heterocycles. The van der Waals surface area contributed by atoms with E-state index in [-0.39, 0.29) is 10.8 Å². The largest absolute Gasteiger partial charge is 0.0645 e. The summed E-state index contributed by atoms with van der Waals surface area (Å²) in [6.07, 6.45) is 2.29. The van der Waals surface area contributed by atoms with Gasteiger partial charge in [0.25, 0.3) is 0 Å². The first-order valence-electron chi connectivity index (χ1n) is 17.3. The highest BCUT2D eigenvalue weighted by Gasteiger charge is 2.35. The summed E-state index contributed by atoms with van der Waals surface area (Å²) in [7, 11) is 0. The molecule has 9 rings (SSSR count). The van der Waals surface area contributed by atoms with Gasteiger partial charge in [-0.15, -0.1) is 0 Å². The molecule has 0 heteroatoms. The predicted molar refractivity (Wildman–Crippen MR) is 204 cm³/mol. The van der Waals surface area contributed by atoms with E-state index in [0.717, 1.165) is 12.8 Å². The van der Waals surface area contributed by atoms with Crippen LogP contribution in [-0.4, -0.2) is 0 Å². The van der Waals surface area contributed by atoms with Crippen LogP contribution in [0.2, 0.25) is 0 Å². The van der Waals surface area contributed by atoms with Gasteiger partial charge in [0.1, 0.15) is 0 Å². The Balaban J connectivity index is 1.13. The lowest BCUT2D eigenvalue weighted by Crippen LogP contribution is -2.19. The van der Waals surface area contributed by atoms with Gasteiger partial charge >= 0.3 is 0 Å². The summed E-state index contributed by atoms with van der Waals surface area (Å²) in [6.45, 7) is 11.8. The van der Waals surface area contributed by atoms with Crippen molar-refractivity contribution in [3.8, 4) is 33.4 Å². The van der Waals surface area contributed by atoms with Crippen LogP contribution in [0.25, 0.3) is 76.5 Å². The van der Waals surface area contributed by atoms with Crippen molar-refractivity contribution in [1.29, 1.82) is 0 Å². The van der Waals surface area contributed by atoms with Crippen molar-refractivity contribution in [2.45, 2.75) is 58.3 Å². The average Bonchev–Trinajstić information content (AvgIpc) is 3.35. The molecule has 1 aliphatic carbocycles. The van der Waals surface area contributed by atoms with Crippen LogP contribution >= 0.6 is 0 Å². The van der Waals surface area contributed by atoms with Gasteiger partial charge in [0.2, 0.25) is 0 Å². The van der Waals surface area contributed by atoms with E-state index in [0.29, 0.717) is 0 Å². The van der Waals surface area contributed by atoms with E-state index in [2.05, 4.69) is 162 Å². The van der Waals surface area contributed by atoms with E-state index < -0.39 is 0 Å². The van der Waals surface area contributed by atoms with Crippen molar-refractivity contribution < 1.29 is 0 Å². The lowest BCUT2D eigenvalue weighted by Gasteiger charge is -2.28. The van der Waals surface area contributed by atoms with Crippen molar-refractivity contribution in [2.75, 3.05) is 0 Å². The highest BCUT2D eigenvalue weighted by Crippen LogP contribution is 2.50. The first-order valence-corrected chi connectivity index (χ1v) is 17.3. The Morgan fingerprint density at radius 1 is 0.468 bits per heavy atom. The molecule has 0 bridgehead atoms. The molecule has 0 nitrogen and oxygen atoms in total. The second-order valence-corrected chi connectivity index (χ2v) is 14.7. The molecule has 0 fully saturated rings. The Labute approximate surface area is 278 Å². The maximum atomic E-state index is 2.45. The van der Waals surface area contributed by atoms with Crippen LogP contribution in [0, 0.1) is 0 Å². The van der Waals surface area contributed by atoms with Gasteiger partial charge in [0.15, 0.2) is 0 Å². The molecular weight excluding hydrogens is 565 g/mol. The molecule has 0 saturated heterocycles. The van der Waals surface area contributed by atoms with Crippen LogP contribution in [0.3, 0.4) is 0 Å². The molecule has 0 unspecified atom stereocenters. The number of fused-ring (bicyclic) bond motifs is 4. The molecule has 228 valence electrons. The molecular formula is C47H40. The number of hydrogen-bond acceptors (Lipinski definition) is 0. The standard InChI is InChI=1S/C47H40/c1-6-47(5,7-2)37-26-35-17-12-29-18-21-38(41-23-20-36(27-37)44(35)45(29)41)34-16-15-30-24-31(13-14-32(30)25-34)33-19-22-40-39-10-8-9-11-42(39)46(3,4)43(40)28-33/h8-28H,6-7H2,1-5H3. The van der Waals surface area contributed by atoms with E-state index in [1.165, 1.54) is 93.2 Å². The van der Waals surface area contributed by atoms with Gasteiger partial charge in [-0.2, -0.15) is 0 Å². The Morgan fingerprint density at radius 2 is 1.02 bits per heavy atom. The lowest BCUT2D eigenvalue weighted by molar-refractivity contribution is 0.440. The Kier molecular flexibility index (Phi) is 6.04. The van der Waals surface area contributed by atoms with Gasteiger partial charge in [0.05, 0.1) is 0 Å². The third kappa shape index (κ3) is 4.07. The maximum Gasteiger partial charge on any atom is 0.0159 e. The van der Waals surface area contributed by atoms with Crippen molar-refractivity contribution in [3.63, 3.8) is 0 Å². The van der Waals surface area contributed by atoms with Gasteiger partial charge in [-0.3, -0.25) is 0 Å². The smallest absolute Gasteiger partial charge is 0.0159 e. The SMILES string of the molecule is CCC(C)(CC)c1cc2ccc3ccc(-c4ccc5cc(-c6ccc7c(c6)C(C)(C)c6ccccc6-7)ccc5c4)c4ccc(c1)c2c34. The van der Waals surface area contributed by atoms with Gasteiger partial charge in [-0.05, 0) is 130 Å². The van der Waals surface area contributed by atoms with Crippen molar-refractivity contribution in [1.82, 2.24) is 0 Å². The molecule has 0 radical (unpaired) electrons. The van der Waals surface area contributed by atoms with E-state index in [1.807, 2.05) is 0 Å². The predicted octanol–water partition coefficient (Wildman–Crippen LogP) is 13.5. The Bertz CT molecular complexity index is 2500. The molecule has 0 spiro atoms. The van der Waals surface area contributed by atoms with Crippen molar-refractivity contribution >= 4 is 43.1 Å². The summed E-state index contributed by atoms with van der Waals surface area (Å²) in [5.74, 6) is 0. The zero-order valence-electron chi connectivity index (χ0n) is 28.0. The van der Waals surface area contributed by atoms with Crippen LogP contribution in [0.15, 0.2) is 127 Å². The molecule has 0 aromatic heterocycles. The van der Waals surface area contributed by atoms with Crippen molar-refractivity contribution in [2.24, 2.45) is 0 Å². The zero-order valence-corrected chi connectivity index (χ0v) is 28.0. The molecule has 8 aromatic rings. The topological polar surface area (TPSA) is 0 Å². The molecule has 47 heavy (non-hydrogen) atoms. The summed E-state index contributed by atoms with van der Waals surface area (Å²) in [5.41, 5.74) is 12.4. The Morgan fingerprint density at radius 3 is 1.79 bits per heavy atom. The number of hydrogen-bond donors (Lipinski definition) is 0. The quantitative estimate of drug-likeness (QED) is 0.171. The minimum Gasteiger partial charge on any atom is -0.0645 e. The van der Waals surface area contributed by atoms with Crippen LogP contribution in [0.5, 0.6) is 0 Å². The molecule has 0 saturated carbocycles. The molecule has 0 atom stereocenters. The highest BCUT2D eigenvalue weighted by molar-refractivity contribution is 6.25. The van der Waals surface area contributed by atoms with Gasteiger partial charge in [-0.25, -0.2) is 0 Å². The Hall–Kier alpha value is -4.94. The summed E-state index contributed by atoms with van der Waals surface area (Å²) in [5, 5.41) is 10.7. The molecule has 0 N–H and O–H groups in total. The summed E-state index contributed by atoms with van der Waals surface area (Å²) < 4.78 is 0. The first kappa shape index (κ1) is 28.3. The van der Waals surface area contributed by atoms with E-state index in [1.54, 1.807) is 0 Å². The molecule has 8 aromatic carbocycles. The monoisotopic (exact) mass is 604 g/mol. The minimum absolute atomic E-state index is 0.00224. The second kappa shape index (κ2) is 10.0. The average molecular weight is 605 g/mol. The highest BCUT2D eigenvalue weighted by atomic mass is 14.4. The minimum atomic E-state index is 0.00224. The number of benzene rings is 8. The third-order valence-corrected chi connectivity index (χ3v) is 11.9. The van der Waals surface area contributed by atoms with Crippen molar-refractivity contribution in [3.05, 3.63) is 144 Å². The lowest BCUT2D eigenvalue weighted by atomic mass is 9.76. The first-order chi connectivity index (χ1) is 22.8. The van der Waals surface area contributed by atoms with Crippen LogP contribution < -0.4 is 0 Å². The maximum absolute atomic E-state index is 2.45. The fourth-order valence-electron chi connectivity index (χ4n) is 8.55. The van der Waals surface area contributed by atoms with Gasteiger partial charge in [-0.1, -0.05) is 144 Å². The van der Waals surface area contributed by atoms with Crippen LogP contribution in [0.1, 0.15) is 64.2 Å². The molecule has 0 heterocycles.